The van der Waals surface area contributed by atoms with E-state index in [4.69, 9.17) is 9.47 Å². The molecule has 0 aliphatic carbocycles. The van der Waals surface area contributed by atoms with Gasteiger partial charge >= 0.3 is 6.03 Å². The van der Waals surface area contributed by atoms with Gasteiger partial charge in [0, 0.05) is 28.6 Å². The molecular weight excluding hydrogens is 410 g/mol. The van der Waals surface area contributed by atoms with E-state index in [0.717, 1.165) is 57.6 Å². The van der Waals surface area contributed by atoms with E-state index >= 15 is 0 Å². The molecule has 7 heteroatoms. The smallest absolute Gasteiger partial charge is 0.318 e. The highest BCUT2D eigenvalue weighted by Gasteiger charge is 2.32. The largest absolute Gasteiger partial charge is 0.497 e. The molecule has 2 amide bonds. The van der Waals surface area contributed by atoms with E-state index in [1.54, 1.807) is 25.6 Å². The lowest BCUT2D eigenvalue weighted by Crippen LogP contribution is -2.39. The highest BCUT2D eigenvalue weighted by Crippen LogP contribution is 2.38. The number of likely N-dealkylation sites (tertiary alicyclic amines) is 1. The van der Waals surface area contributed by atoms with Crippen molar-refractivity contribution in [3.05, 3.63) is 64.7 Å². The van der Waals surface area contributed by atoms with Crippen molar-refractivity contribution in [3.8, 4) is 22.1 Å². The molecule has 1 aromatic heterocycles. The summed E-state index contributed by atoms with van der Waals surface area (Å²) in [5, 5.41) is 4.07. The Morgan fingerprint density at radius 3 is 2.74 bits per heavy atom. The minimum absolute atomic E-state index is 0.0108. The predicted octanol–water partition coefficient (Wildman–Crippen LogP) is 5.18. The van der Waals surface area contributed by atoms with Gasteiger partial charge in [0.05, 0.1) is 32.5 Å². The summed E-state index contributed by atoms with van der Waals surface area (Å²) in [4.78, 5) is 20.7. The molecule has 1 atom stereocenters. The van der Waals surface area contributed by atoms with Crippen molar-refractivity contribution >= 4 is 17.4 Å². The number of nitrogens with one attached hydrogen (secondary N) is 1. The third kappa shape index (κ3) is 4.51. The summed E-state index contributed by atoms with van der Waals surface area (Å²) in [6.07, 6.45) is 1.87. The number of carbonyl (C=O) groups excluding carboxylic acids is 1. The van der Waals surface area contributed by atoms with Crippen LogP contribution in [0.25, 0.3) is 10.6 Å². The van der Waals surface area contributed by atoms with Gasteiger partial charge in [0.25, 0.3) is 0 Å². The topological polar surface area (TPSA) is 63.7 Å². The second kappa shape index (κ2) is 9.39. The van der Waals surface area contributed by atoms with Crippen LogP contribution in [0.1, 0.15) is 35.0 Å². The van der Waals surface area contributed by atoms with E-state index < -0.39 is 0 Å². The summed E-state index contributed by atoms with van der Waals surface area (Å²) in [5.74, 6) is 1.49. The molecule has 0 spiro atoms. The molecule has 4 rings (SSSR count). The van der Waals surface area contributed by atoms with Crippen molar-refractivity contribution in [1.29, 1.82) is 0 Å². The van der Waals surface area contributed by atoms with Crippen molar-refractivity contribution in [2.75, 3.05) is 20.8 Å². The summed E-state index contributed by atoms with van der Waals surface area (Å²) in [7, 11) is 3.28. The number of carbonyl (C=O) groups is 1. The molecule has 6 nitrogen and oxygen atoms in total. The normalized spacial score (nSPS) is 15.7. The summed E-state index contributed by atoms with van der Waals surface area (Å²) in [6.45, 7) is 3.19. The van der Waals surface area contributed by atoms with Crippen molar-refractivity contribution in [2.45, 2.75) is 32.4 Å². The summed E-state index contributed by atoms with van der Waals surface area (Å²) in [5.41, 5.74) is 3.06. The molecule has 31 heavy (non-hydrogen) atoms. The minimum Gasteiger partial charge on any atom is -0.497 e. The van der Waals surface area contributed by atoms with Gasteiger partial charge in [-0.15, -0.1) is 11.3 Å². The first-order valence-electron chi connectivity index (χ1n) is 10.4. The number of rotatable bonds is 6. The van der Waals surface area contributed by atoms with Crippen molar-refractivity contribution < 1.29 is 14.3 Å². The number of amides is 2. The SMILES string of the molecule is COc1ccc(C2CCCN2C(=O)NCc2sc(-c3ccccc3)nc2C)c(OC)c1. The number of thiazole rings is 1. The monoisotopic (exact) mass is 437 g/mol. The third-order valence-electron chi connectivity index (χ3n) is 5.63. The van der Waals surface area contributed by atoms with Gasteiger partial charge in [0.15, 0.2) is 0 Å². The molecule has 1 aliphatic heterocycles. The molecule has 1 fully saturated rings. The van der Waals surface area contributed by atoms with Crippen LogP contribution >= 0.6 is 11.3 Å². The van der Waals surface area contributed by atoms with Crippen LogP contribution in [0.3, 0.4) is 0 Å². The fourth-order valence-electron chi connectivity index (χ4n) is 3.98. The van der Waals surface area contributed by atoms with Crippen LogP contribution in [-0.2, 0) is 6.54 Å². The lowest BCUT2D eigenvalue weighted by Gasteiger charge is -2.26. The first-order valence-corrected chi connectivity index (χ1v) is 11.2. The van der Waals surface area contributed by atoms with Crippen LogP contribution in [0.15, 0.2) is 48.5 Å². The molecule has 3 aromatic rings. The van der Waals surface area contributed by atoms with Gasteiger partial charge in [-0.1, -0.05) is 30.3 Å². The standard InChI is InChI=1S/C24H27N3O3S/c1-16-22(31-23(26-16)17-8-5-4-6-9-17)15-25-24(28)27-13-7-10-20(27)19-12-11-18(29-2)14-21(19)30-3/h4-6,8-9,11-12,14,20H,7,10,13,15H2,1-3H3,(H,25,28). The maximum Gasteiger partial charge on any atom is 0.318 e. The number of hydrogen-bond donors (Lipinski definition) is 1. The molecule has 1 N–H and O–H groups in total. The Labute approximate surface area is 186 Å². The summed E-state index contributed by atoms with van der Waals surface area (Å²) in [6, 6.07) is 15.8. The summed E-state index contributed by atoms with van der Waals surface area (Å²) >= 11 is 1.63. The van der Waals surface area contributed by atoms with E-state index in [9.17, 15) is 4.79 Å². The average molecular weight is 438 g/mol. The van der Waals surface area contributed by atoms with Gasteiger partial charge in [0.2, 0.25) is 0 Å². The fraction of sp³-hybridized carbons (Fsp3) is 0.333. The lowest BCUT2D eigenvalue weighted by atomic mass is 10.0. The molecule has 1 saturated heterocycles. The Kier molecular flexibility index (Phi) is 6.42. The van der Waals surface area contributed by atoms with Gasteiger partial charge in [-0.3, -0.25) is 0 Å². The molecule has 0 radical (unpaired) electrons. The number of aromatic nitrogens is 1. The van der Waals surface area contributed by atoms with Gasteiger partial charge in [0.1, 0.15) is 16.5 Å². The van der Waals surface area contributed by atoms with Gasteiger partial charge in [-0.2, -0.15) is 0 Å². The Morgan fingerprint density at radius 1 is 1.19 bits per heavy atom. The van der Waals surface area contributed by atoms with Crippen LogP contribution in [0, 0.1) is 6.92 Å². The highest BCUT2D eigenvalue weighted by atomic mass is 32.1. The zero-order valence-corrected chi connectivity index (χ0v) is 18.9. The van der Waals surface area contributed by atoms with Crippen LogP contribution in [-0.4, -0.2) is 36.7 Å². The van der Waals surface area contributed by atoms with E-state index in [-0.39, 0.29) is 12.1 Å². The Hall–Kier alpha value is -3.06. The quantitative estimate of drug-likeness (QED) is 0.577. The van der Waals surface area contributed by atoms with Crippen molar-refractivity contribution in [1.82, 2.24) is 15.2 Å². The highest BCUT2D eigenvalue weighted by molar-refractivity contribution is 7.15. The van der Waals surface area contributed by atoms with Crippen LogP contribution in [0.4, 0.5) is 4.79 Å². The summed E-state index contributed by atoms with van der Waals surface area (Å²) < 4.78 is 10.9. The van der Waals surface area contributed by atoms with E-state index in [0.29, 0.717) is 6.54 Å². The number of nitrogens with zero attached hydrogens (tertiary/aromatic N) is 2. The maximum atomic E-state index is 13.0. The zero-order chi connectivity index (χ0) is 21.8. The Bertz CT molecular complexity index is 1050. The first-order chi connectivity index (χ1) is 15.1. The lowest BCUT2D eigenvalue weighted by molar-refractivity contribution is 0.191. The molecule has 0 bridgehead atoms. The molecule has 2 aromatic carbocycles. The number of ether oxygens (including phenoxy) is 2. The molecule has 1 aliphatic rings. The number of aryl methyl sites for hydroxylation is 1. The number of hydrogen-bond acceptors (Lipinski definition) is 5. The van der Waals surface area contributed by atoms with E-state index in [2.05, 4.69) is 22.4 Å². The molecule has 162 valence electrons. The molecular formula is C24H27N3O3S. The van der Waals surface area contributed by atoms with Gasteiger partial charge in [-0.25, -0.2) is 9.78 Å². The third-order valence-corrected chi connectivity index (χ3v) is 6.83. The van der Waals surface area contributed by atoms with Crippen LogP contribution in [0.2, 0.25) is 0 Å². The van der Waals surface area contributed by atoms with Gasteiger partial charge in [-0.05, 0) is 31.9 Å². The maximum absolute atomic E-state index is 13.0. The second-order valence-electron chi connectivity index (χ2n) is 7.51. The fourth-order valence-corrected chi connectivity index (χ4v) is 4.99. The van der Waals surface area contributed by atoms with Crippen LogP contribution in [0.5, 0.6) is 11.5 Å². The van der Waals surface area contributed by atoms with Crippen molar-refractivity contribution in [3.63, 3.8) is 0 Å². The number of benzene rings is 2. The van der Waals surface area contributed by atoms with E-state index in [1.807, 2.05) is 48.2 Å². The van der Waals surface area contributed by atoms with E-state index in [1.165, 1.54) is 0 Å². The molecule has 1 unspecified atom stereocenters. The van der Waals surface area contributed by atoms with Crippen molar-refractivity contribution in [2.24, 2.45) is 0 Å². The first kappa shape index (κ1) is 21.2. The number of methoxy groups -OCH3 is 2. The van der Waals surface area contributed by atoms with Gasteiger partial charge < -0.3 is 19.7 Å². The Balaban J connectivity index is 1.46. The van der Waals surface area contributed by atoms with Crippen LogP contribution < -0.4 is 14.8 Å². The Morgan fingerprint density at radius 2 is 2.00 bits per heavy atom. The molecule has 0 saturated carbocycles. The molecule has 2 heterocycles. The second-order valence-corrected chi connectivity index (χ2v) is 8.60. The predicted molar refractivity (Wildman–Crippen MR) is 123 cm³/mol. The zero-order valence-electron chi connectivity index (χ0n) is 18.1. The number of urea groups is 1. The average Bonchev–Trinajstić information content (AvgIpc) is 3.44. The minimum atomic E-state index is -0.0607.